The lowest BCUT2D eigenvalue weighted by Gasteiger charge is -2.20. The van der Waals surface area contributed by atoms with E-state index in [0.717, 1.165) is 12.2 Å². The molecule has 1 N–H and O–H groups in total. The minimum atomic E-state index is 0.203. The maximum atomic E-state index is 4.27. The Hall–Kier alpha value is -1.74. The minimum absolute atomic E-state index is 0.203. The van der Waals surface area contributed by atoms with E-state index in [1.807, 2.05) is 0 Å². The van der Waals surface area contributed by atoms with Crippen molar-refractivity contribution in [3.8, 4) is 0 Å². The zero-order chi connectivity index (χ0) is 14.6. The van der Waals surface area contributed by atoms with Gasteiger partial charge in [0.15, 0.2) is 0 Å². The van der Waals surface area contributed by atoms with Crippen LogP contribution in [0.3, 0.4) is 0 Å². The average molecular weight is 269 g/mol. The fourth-order valence-corrected chi connectivity index (χ4v) is 2.07. The van der Waals surface area contributed by atoms with Gasteiger partial charge in [-0.05, 0) is 23.5 Å². The molecule has 1 heterocycles. The molecule has 0 aliphatic rings. The summed E-state index contributed by atoms with van der Waals surface area (Å²) in [6.45, 7) is 9.60. The molecular weight excluding hydrogens is 246 g/mol. The third-order valence-corrected chi connectivity index (χ3v) is 3.48. The molecule has 0 bridgehead atoms. The molecule has 1 aromatic heterocycles. The number of benzene rings is 1. The lowest BCUT2D eigenvalue weighted by Crippen LogP contribution is -2.19. The summed E-state index contributed by atoms with van der Waals surface area (Å²) in [5.74, 6) is 0. The van der Waals surface area contributed by atoms with Crippen LogP contribution >= 0.6 is 0 Å². The highest BCUT2D eigenvalue weighted by atomic mass is 14.9. The van der Waals surface area contributed by atoms with Crippen LogP contribution in [0, 0.1) is 0 Å². The van der Waals surface area contributed by atoms with Gasteiger partial charge >= 0.3 is 0 Å². The molecule has 2 rings (SSSR count). The predicted molar refractivity (Wildman–Crippen MR) is 82.4 cm³/mol. The van der Waals surface area contributed by atoms with Crippen molar-refractivity contribution in [1.29, 1.82) is 0 Å². The van der Waals surface area contributed by atoms with Crippen LogP contribution in [-0.2, 0) is 12.0 Å². The van der Waals surface area contributed by atoms with Crippen LogP contribution < -0.4 is 5.32 Å². The molecule has 0 radical (unpaired) electrons. The molecule has 0 saturated heterocycles. The molecule has 106 valence electrons. The molecule has 0 fully saturated rings. The first kappa shape index (κ1) is 14.7. The standard InChI is InChI=1S/C17H23N3/c1-13(20-12-16-11-18-9-10-19-16)14-5-7-15(8-6-14)17(2,3)4/h5-11,13,20H,12H2,1-4H3. The molecule has 1 atom stereocenters. The van der Waals surface area contributed by atoms with Gasteiger partial charge in [0.05, 0.1) is 5.69 Å². The maximum Gasteiger partial charge on any atom is 0.0724 e. The number of rotatable bonds is 4. The summed E-state index contributed by atoms with van der Waals surface area (Å²) in [6, 6.07) is 9.14. The van der Waals surface area contributed by atoms with Gasteiger partial charge in [0.25, 0.3) is 0 Å². The van der Waals surface area contributed by atoms with Crippen molar-refractivity contribution >= 4 is 0 Å². The molecule has 1 unspecified atom stereocenters. The van der Waals surface area contributed by atoms with Gasteiger partial charge in [0.1, 0.15) is 0 Å². The summed E-state index contributed by atoms with van der Waals surface area (Å²) in [4.78, 5) is 8.34. The third kappa shape index (κ3) is 3.87. The average Bonchev–Trinajstić information content (AvgIpc) is 2.45. The van der Waals surface area contributed by atoms with Crippen molar-refractivity contribution < 1.29 is 0 Å². The highest BCUT2D eigenvalue weighted by Crippen LogP contribution is 2.23. The molecule has 20 heavy (non-hydrogen) atoms. The summed E-state index contributed by atoms with van der Waals surface area (Å²) in [7, 11) is 0. The summed E-state index contributed by atoms with van der Waals surface area (Å²) in [5, 5.41) is 3.47. The molecule has 0 spiro atoms. The van der Waals surface area contributed by atoms with E-state index in [0.29, 0.717) is 6.04 Å². The minimum Gasteiger partial charge on any atom is -0.305 e. The largest absolute Gasteiger partial charge is 0.305 e. The van der Waals surface area contributed by atoms with Gasteiger partial charge in [-0.15, -0.1) is 0 Å². The monoisotopic (exact) mass is 269 g/mol. The Morgan fingerprint density at radius 3 is 2.35 bits per heavy atom. The second-order valence-corrected chi connectivity index (χ2v) is 6.17. The van der Waals surface area contributed by atoms with Gasteiger partial charge in [0.2, 0.25) is 0 Å². The van der Waals surface area contributed by atoms with E-state index in [2.05, 4.69) is 67.2 Å². The van der Waals surface area contributed by atoms with Gasteiger partial charge in [-0.25, -0.2) is 0 Å². The molecule has 3 heteroatoms. The van der Waals surface area contributed by atoms with Crippen LogP contribution in [0.4, 0.5) is 0 Å². The second kappa shape index (κ2) is 6.14. The highest BCUT2D eigenvalue weighted by Gasteiger charge is 2.13. The second-order valence-electron chi connectivity index (χ2n) is 6.17. The van der Waals surface area contributed by atoms with Crippen molar-refractivity contribution in [2.45, 2.75) is 45.7 Å². The maximum absolute atomic E-state index is 4.27. The van der Waals surface area contributed by atoms with E-state index in [4.69, 9.17) is 0 Å². The molecule has 0 saturated carbocycles. The highest BCUT2D eigenvalue weighted by molar-refractivity contribution is 5.29. The first-order valence-corrected chi connectivity index (χ1v) is 7.05. The smallest absolute Gasteiger partial charge is 0.0724 e. The van der Waals surface area contributed by atoms with Crippen LogP contribution in [0.5, 0.6) is 0 Å². The van der Waals surface area contributed by atoms with Crippen molar-refractivity contribution in [1.82, 2.24) is 15.3 Å². The molecule has 0 amide bonds. The molecule has 3 nitrogen and oxygen atoms in total. The SMILES string of the molecule is CC(NCc1cnccn1)c1ccc(C(C)(C)C)cc1. The Labute approximate surface area is 121 Å². The normalized spacial score (nSPS) is 13.2. The Kier molecular flexibility index (Phi) is 4.50. The van der Waals surface area contributed by atoms with Gasteiger partial charge < -0.3 is 5.32 Å². The molecule has 1 aromatic carbocycles. The number of nitrogens with one attached hydrogen (secondary N) is 1. The van der Waals surface area contributed by atoms with E-state index in [1.54, 1.807) is 18.6 Å². The van der Waals surface area contributed by atoms with Crippen molar-refractivity contribution in [2.24, 2.45) is 0 Å². The third-order valence-electron chi connectivity index (χ3n) is 3.48. The van der Waals surface area contributed by atoms with Crippen LogP contribution in [0.1, 0.15) is 50.6 Å². The van der Waals surface area contributed by atoms with Crippen LogP contribution in [0.25, 0.3) is 0 Å². The summed E-state index contributed by atoms with van der Waals surface area (Å²) in [6.07, 6.45) is 5.21. The first-order chi connectivity index (χ1) is 9.47. The molecule has 0 aliphatic carbocycles. The Morgan fingerprint density at radius 1 is 1.10 bits per heavy atom. The molecule has 0 aliphatic heterocycles. The van der Waals surface area contributed by atoms with Crippen molar-refractivity contribution in [2.75, 3.05) is 0 Å². The summed E-state index contributed by atoms with van der Waals surface area (Å²) in [5.41, 5.74) is 3.82. The fraction of sp³-hybridized carbons (Fsp3) is 0.412. The number of hydrogen-bond acceptors (Lipinski definition) is 3. The number of aromatic nitrogens is 2. The van der Waals surface area contributed by atoms with Crippen molar-refractivity contribution in [3.05, 3.63) is 59.7 Å². The van der Waals surface area contributed by atoms with E-state index in [1.165, 1.54) is 11.1 Å². The molecule has 2 aromatic rings. The number of nitrogens with zero attached hydrogens (tertiary/aromatic N) is 2. The van der Waals surface area contributed by atoms with E-state index in [-0.39, 0.29) is 5.41 Å². The Bertz CT molecular complexity index is 526. The zero-order valence-electron chi connectivity index (χ0n) is 12.7. The Morgan fingerprint density at radius 2 is 1.80 bits per heavy atom. The van der Waals surface area contributed by atoms with Gasteiger partial charge in [-0.2, -0.15) is 0 Å². The van der Waals surface area contributed by atoms with Crippen LogP contribution in [0.2, 0.25) is 0 Å². The van der Waals surface area contributed by atoms with E-state index >= 15 is 0 Å². The van der Waals surface area contributed by atoms with Gasteiger partial charge in [0, 0.05) is 31.2 Å². The predicted octanol–water partition coefficient (Wildman–Crippen LogP) is 3.62. The van der Waals surface area contributed by atoms with E-state index in [9.17, 15) is 0 Å². The summed E-state index contributed by atoms with van der Waals surface area (Å²) >= 11 is 0. The summed E-state index contributed by atoms with van der Waals surface area (Å²) < 4.78 is 0. The zero-order valence-corrected chi connectivity index (χ0v) is 12.7. The van der Waals surface area contributed by atoms with Gasteiger partial charge in [-0.1, -0.05) is 45.0 Å². The van der Waals surface area contributed by atoms with Crippen LogP contribution in [0.15, 0.2) is 42.9 Å². The van der Waals surface area contributed by atoms with Gasteiger partial charge in [-0.3, -0.25) is 9.97 Å². The lowest BCUT2D eigenvalue weighted by atomic mass is 9.86. The lowest BCUT2D eigenvalue weighted by molar-refractivity contribution is 0.563. The first-order valence-electron chi connectivity index (χ1n) is 7.05. The topological polar surface area (TPSA) is 37.8 Å². The molecular formula is C17H23N3. The van der Waals surface area contributed by atoms with Crippen LogP contribution in [-0.4, -0.2) is 9.97 Å². The van der Waals surface area contributed by atoms with Crippen molar-refractivity contribution in [3.63, 3.8) is 0 Å². The quantitative estimate of drug-likeness (QED) is 0.921. The number of hydrogen-bond donors (Lipinski definition) is 1. The Balaban J connectivity index is 1.97. The van der Waals surface area contributed by atoms with E-state index < -0.39 is 0 Å². The fourth-order valence-electron chi connectivity index (χ4n) is 2.07.